The van der Waals surface area contributed by atoms with Gasteiger partial charge in [0.15, 0.2) is 0 Å². The molecule has 108 valence electrons. The molecule has 2 rings (SSSR count). The molecule has 4 nitrogen and oxygen atoms in total. The van der Waals surface area contributed by atoms with Crippen molar-refractivity contribution in [2.24, 2.45) is 0 Å². The van der Waals surface area contributed by atoms with Gasteiger partial charge in [0.1, 0.15) is 21.8 Å². The molecular formula is C14H19ClN4S. The molecule has 0 aliphatic heterocycles. The second kappa shape index (κ2) is 6.06. The van der Waals surface area contributed by atoms with Crippen molar-refractivity contribution in [1.29, 1.82) is 0 Å². The van der Waals surface area contributed by atoms with E-state index < -0.39 is 0 Å². The van der Waals surface area contributed by atoms with Crippen LogP contribution in [-0.4, -0.2) is 15.0 Å². The first-order chi connectivity index (χ1) is 9.38. The maximum absolute atomic E-state index is 6.19. The highest BCUT2D eigenvalue weighted by Crippen LogP contribution is 2.27. The van der Waals surface area contributed by atoms with Crippen LogP contribution in [0, 0.1) is 13.8 Å². The van der Waals surface area contributed by atoms with Crippen molar-refractivity contribution in [3.05, 3.63) is 32.6 Å². The molecule has 0 radical (unpaired) electrons. The minimum absolute atomic E-state index is 0.0957. The van der Waals surface area contributed by atoms with Crippen molar-refractivity contribution < 1.29 is 0 Å². The van der Waals surface area contributed by atoms with E-state index in [2.05, 4.69) is 48.0 Å². The molecule has 1 N–H and O–H groups in total. The number of anilines is 1. The molecule has 2 heterocycles. The fourth-order valence-corrected chi connectivity index (χ4v) is 2.70. The lowest BCUT2D eigenvalue weighted by Crippen LogP contribution is -2.11. The normalized spacial score (nSPS) is 12.8. The Labute approximate surface area is 128 Å². The molecule has 0 fully saturated rings. The molecule has 0 saturated heterocycles. The van der Waals surface area contributed by atoms with Crippen LogP contribution in [0.15, 0.2) is 6.20 Å². The highest BCUT2D eigenvalue weighted by Gasteiger charge is 2.15. The summed E-state index contributed by atoms with van der Waals surface area (Å²) in [6.07, 6.45) is 1.89. The fraction of sp³-hybridized carbons (Fsp3) is 0.500. The van der Waals surface area contributed by atoms with Gasteiger partial charge in [0.25, 0.3) is 0 Å². The van der Waals surface area contributed by atoms with Crippen LogP contribution in [0.3, 0.4) is 0 Å². The Kier molecular flexibility index (Phi) is 4.60. The number of thiazole rings is 1. The van der Waals surface area contributed by atoms with Gasteiger partial charge in [-0.3, -0.25) is 0 Å². The van der Waals surface area contributed by atoms with Crippen LogP contribution >= 0.6 is 22.9 Å². The second-order valence-corrected chi connectivity index (χ2v) is 6.80. The molecule has 2 aromatic rings. The van der Waals surface area contributed by atoms with E-state index >= 15 is 0 Å². The Balaban J connectivity index is 2.28. The third kappa shape index (κ3) is 3.27. The largest absolute Gasteiger partial charge is 0.361 e. The van der Waals surface area contributed by atoms with Crippen LogP contribution in [0.2, 0.25) is 5.15 Å². The molecule has 0 saturated carbocycles. The molecule has 1 atom stereocenters. The summed E-state index contributed by atoms with van der Waals surface area (Å²) in [5.74, 6) is 1.78. The molecule has 0 bridgehead atoms. The van der Waals surface area contributed by atoms with E-state index in [4.69, 9.17) is 11.6 Å². The van der Waals surface area contributed by atoms with Gasteiger partial charge in [-0.15, -0.1) is 11.3 Å². The lowest BCUT2D eigenvalue weighted by molar-refractivity contribution is 0.764. The second-order valence-electron chi connectivity index (χ2n) is 5.18. The van der Waals surface area contributed by atoms with Crippen LogP contribution in [0.4, 0.5) is 5.82 Å². The first-order valence-corrected chi connectivity index (χ1v) is 7.80. The summed E-state index contributed by atoms with van der Waals surface area (Å²) in [5.41, 5.74) is 0.871. The third-order valence-electron chi connectivity index (χ3n) is 2.98. The fourth-order valence-electron chi connectivity index (χ4n) is 1.74. The molecule has 20 heavy (non-hydrogen) atoms. The van der Waals surface area contributed by atoms with Gasteiger partial charge in [0, 0.05) is 22.6 Å². The van der Waals surface area contributed by atoms with Gasteiger partial charge in [0.05, 0.1) is 6.04 Å². The molecule has 0 aliphatic carbocycles. The van der Waals surface area contributed by atoms with E-state index in [-0.39, 0.29) is 12.0 Å². The summed E-state index contributed by atoms with van der Waals surface area (Å²) >= 11 is 7.88. The third-order valence-corrected chi connectivity index (χ3v) is 4.45. The Bertz CT molecular complexity index is 609. The summed E-state index contributed by atoms with van der Waals surface area (Å²) in [6.45, 7) is 10.2. The van der Waals surface area contributed by atoms with E-state index in [0.717, 1.165) is 22.2 Å². The molecule has 0 amide bonds. The summed E-state index contributed by atoms with van der Waals surface area (Å²) < 4.78 is 0. The lowest BCUT2D eigenvalue weighted by Gasteiger charge is -2.16. The maximum atomic E-state index is 6.19. The molecule has 2 aromatic heterocycles. The Morgan fingerprint density at radius 3 is 2.45 bits per heavy atom. The van der Waals surface area contributed by atoms with Crippen molar-refractivity contribution in [2.75, 3.05) is 5.32 Å². The minimum atomic E-state index is 0.0957. The van der Waals surface area contributed by atoms with Gasteiger partial charge >= 0.3 is 0 Å². The van der Waals surface area contributed by atoms with Crippen LogP contribution in [0.5, 0.6) is 0 Å². The number of aromatic nitrogens is 3. The predicted octanol–water partition coefficient (Wildman–Crippen LogP) is 4.50. The molecule has 0 aliphatic rings. The predicted molar refractivity (Wildman–Crippen MR) is 84.8 cm³/mol. The minimum Gasteiger partial charge on any atom is -0.361 e. The summed E-state index contributed by atoms with van der Waals surface area (Å²) in [5, 5.41) is 4.94. The first-order valence-electron chi connectivity index (χ1n) is 6.61. The lowest BCUT2D eigenvalue weighted by atomic mass is 10.2. The number of rotatable bonds is 4. The number of nitrogens with one attached hydrogen (secondary N) is 1. The van der Waals surface area contributed by atoms with E-state index in [0.29, 0.717) is 5.15 Å². The highest BCUT2D eigenvalue weighted by atomic mass is 35.5. The van der Waals surface area contributed by atoms with Crippen molar-refractivity contribution in [3.63, 3.8) is 0 Å². The summed E-state index contributed by atoms with van der Waals surface area (Å²) in [4.78, 5) is 14.5. The van der Waals surface area contributed by atoms with Gasteiger partial charge in [-0.1, -0.05) is 25.4 Å². The van der Waals surface area contributed by atoms with E-state index in [9.17, 15) is 0 Å². The number of hydrogen-bond acceptors (Lipinski definition) is 5. The Hall–Kier alpha value is -1.20. The zero-order valence-corrected chi connectivity index (χ0v) is 13.9. The van der Waals surface area contributed by atoms with Crippen molar-refractivity contribution in [3.8, 4) is 0 Å². The molecule has 1 unspecified atom stereocenters. The van der Waals surface area contributed by atoms with Crippen LogP contribution < -0.4 is 5.32 Å². The average molecular weight is 311 g/mol. The highest BCUT2D eigenvalue weighted by molar-refractivity contribution is 7.11. The van der Waals surface area contributed by atoms with Crippen LogP contribution in [0.25, 0.3) is 0 Å². The quantitative estimate of drug-likeness (QED) is 0.845. The van der Waals surface area contributed by atoms with Crippen molar-refractivity contribution in [1.82, 2.24) is 15.0 Å². The number of nitrogens with zero attached hydrogens (tertiary/aromatic N) is 3. The topological polar surface area (TPSA) is 50.7 Å². The van der Waals surface area contributed by atoms with E-state index in [1.165, 1.54) is 4.88 Å². The maximum Gasteiger partial charge on any atom is 0.137 e. The Morgan fingerprint density at radius 2 is 1.90 bits per heavy atom. The SMILES string of the molecule is Cc1cnc(C(C)Nc2nc(C(C)C)nc(Cl)c2C)s1. The molecule has 0 aromatic carbocycles. The van der Waals surface area contributed by atoms with Gasteiger partial charge in [-0.25, -0.2) is 15.0 Å². The standard InChI is InChI=1S/C14H19ClN4S/c1-7(2)12-18-11(15)9(4)13(19-12)17-10(5)14-16-6-8(3)20-14/h6-7,10H,1-5H3,(H,17,18,19). The van der Waals surface area contributed by atoms with E-state index in [1.54, 1.807) is 11.3 Å². The zero-order chi connectivity index (χ0) is 14.9. The summed E-state index contributed by atoms with van der Waals surface area (Å²) in [6, 6.07) is 0.0957. The zero-order valence-electron chi connectivity index (χ0n) is 12.4. The van der Waals surface area contributed by atoms with Crippen LogP contribution in [0.1, 0.15) is 54.0 Å². The van der Waals surface area contributed by atoms with Gasteiger partial charge < -0.3 is 5.32 Å². The number of aryl methyl sites for hydroxylation is 1. The summed E-state index contributed by atoms with van der Waals surface area (Å²) in [7, 11) is 0. The average Bonchev–Trinajstić information content (AvgIpc) is 2.81. The number of hydrogen-bond donors (Lipinski definition) is 1. The smallest absolute Gasteiger partial charge is 0.137 e. The van der Waals surface area contributed by atoms with Gasteiger partial charge in [0.2, 0.25) is 0 Å². The van der Waals surface area contributed by atoms with Gasteiger partial charge in [-0.2, -0.15) is 0 Å². The van der Waals surface area contributed by atoms with Crippen molar-refractivity contribution >= 4 is 28.8 Å². The molecule has 6 heteroatoms. The van der Waals surface area contributed by atoms with Gasteiger partial charge in [-0.05, 0) is 20.8 Å². The number of halogens is 1. The molecule has 0 spiro atoms. The van der Waals surface area contributed by atoms with Crippen LogP contribution in [-0.2, 0) is 0 Å². The Morgan fingerprint density at radius 1 is 1.20 bits per heavy atom. The monoisotopic (exact) mass is 310 g/mol. The van der Waals surface area contributed by atoms with Crippen molar-refractivity contribution in [2.45, 2.75) is 46.6 Å². The molecular weight excluding hydrogens is 292 g/mol. The van der Waals surface area contributed by atoms with E-state index in [1.807, 2.05) is 13.1 Å². The first kappa shape index (κ1) is 15.2.